The van der Waals surface area contributed by atoms with Gasteiger partial charge in [-0.25, -0.2) is 0 Å². The average Bonchev–Trinajstić information content (AvgIpc) is 2.58. The quantitative estimate of drug-likeness (QED) is 0.286. The molecule has 132 valence electrons. The van der Waals surface area contributed by atoms with Crippen LogP contribution in [0.25, 0.3) is 0 Å². The Hall–Kier alpha value is -0.293. The van der Waals surface area contributed by atoms with Gasteiger partial charge in [0.25, 0.3) is 0 Å². The molecule has 0 aliphatic heterocycles. The van der Waals surface area contributed by atoms with E-state index in [1.165, 1.54) is 50.1 Å². The smallest absolute Gasteiger partial charge is 0.372 e. The van der Waals surface area contributed by atoms with Crippen molar-refractivity contribution in [1.82, 2.24) is 0 Å². The second kappa shape index (κ2) is 13.0. The summed E-state index contributed by atoms with van der Waals surface area (Å²) in [6.45, 7) is 5.60. The van der Waals surface area contributed by atoms with Crippen molar-refractivity contribution in [2.75, 3.05) is 19.0 Å². The third-order valence-corrected chi connectivity index (χ3v) is 8.18. The molecule has 4 heteroatoms. The highest BCUT2D eigenvalue weighted by atomic mass is 32.1. The van der Waals surface area contributed by atoms with Gasteiger partial charge in [-0.1, -0.05) is 68.9 Å². The Morgan fingerprint density at radius 2 is 1.30 bits per heavy atom. The number of hydrogen-bond acceptors (Lipinski definition) is 3. The van der Waals surface area contributed by atoms with Crippen molar-refractivity contribution in [2.45, 2.75) is 64.8 Å². The molecule has 0 fully saturated rings. The van der Waals surface area contributed by atoms with Crippen LogP contribution in [0.5, 0.6) is 0 Å². The van der Waals surface area contributed by atoms with E-state index in [4.69, 9.17) is 8.85 Å². The van der Waals surface area contributed by atoms with Crippen LogP contribution in [-0.4, -0.2) is 27.5 Å². The van der Waals surface area contributed by atoms with Crippen molar-refractivity contribution in [2.24, 2.45) is 0 Å². The monoisotopic (exact) mass is 354 g/mol. The molecule has 0 atom stereocenters. The van der Waals surface area contributed by atoms with Crippen LogP contribution in [0.2, 0.25) is 6.04 Å². The summed E-state index contributed by atoms with van der Waals surface area (Å²) in [6, 6.07) is 11.7. The molecule has 0 unspecified atom stereocenters. The van der Waals surface area contributed by atoms with Gasteiger partial charge in [0, 0.05) is 13.2 Å². The Morgan fingerprint density at radius 1 is 0.783 bits per heavy atom. The zero-order chi connectivity index (χ0) is 16.8. The van der Waals surface area contributed by atoms with E-state index in [2.05, 4.69) is 56.8 Å². The minimum atomic E-state index is -2.26. The van der Waals surface area contributed by atoms with Gasteiger partial charge in [0.05, 0.1) is 0 Å². The zero-order valence-corrected chi connectivity index (χ0v) is 16.8. The van der Waals surface area contributed by atoms with E-state index < -0.39 is 8.56 Å². The highest BCUT2D eigenvalue weighted by Crippen LogP contribution is 2.20. The van der Waals surface area contributed by atoms with E-state index in [1.54, 1.807) is 0 Å². The average molecular weight is 355 g/mol. The molecule has 0 aliphatic rings. The van der Waals surface area contributed by atoms with Gasteiger partial charge in [-0.2, -0.15) is 12.6 Å². The lowest BCUT2D eigenvalue weighted by atomic mass is 10.1. The summed E-state index contributed by atoms with van der Waals surface area (Å²) in [6.07, 6.45) is 9.07. The first-order chi connectivity index (χ1) is 11.3. The molecule has 0 aromatic heterocycles. The summed E-state index contributed by atoms with van der Waals surface area (Å²) in [5.41, 5.74) is 0. The fraction of sp³-hybridized carbons (Fsp3) is 0.684. The molecule has 23 heavy (non-hydrogen) atoms. The molecule has 0 bridgehead atoms. The molecule has 0 aliphatic carbocycles. The fourth-order valence-electron chi connectivity index (χ4n) is 3.01. The Labute approximate surface area is 149 Å². The van der Waals surface area contributed by atoms with Crippen LogP contribution in [0.1, 0.15) is 58.8 Å². The highest BCUT2D eigenvalue weighted by Gasteiger charge is 2.38. The summed E-state index contributed by atoms with van der Waals surface area (Å²) < 4.78 is 12.4. The fourth-order valence-corrected chi connectivity index (χ4v) is 6.57. The number of unbranched alkanes of at least 4 members (excludes halogenated alkanes) is 6. The van der Waals surface area contributed by atoms with Crippen LogP contribution >= 0.6 is 12.6 Å². The first-order valence-electron chi connectivity index (χ1n) is 9.23. The first kappa shape index (κ1) is 20.8. The molecule has 1 rings (SSSR count). The third-order valence-electron chi connectivity index (χ3n) is 4.13. The van der Waals surface area contributed by atoms with E-state index in [-0.39, 0.29) is 0 Å². The second-order valence-corrected chi connectivity index (χ2v) is 9.54. The Balaban J connectivity index is 2.47. The molecule has 0 saturated carbocycles. The molecule has 0 saturated heterocycles. The van der Waals surface area contributed by atoms with Crippen LogP contribution < -0.4 is 5.19 Å². The lowest BCUT2D eigenvalue weighted by Crippen LogP contribution is -2.53. The van der Waals surface area contributed by atoms with Gasteiger partial charge in [0.1, 0.15) is 0 Å². The van der Waals surface area contributed by atoms with Crippen LogP contribution in [0.4, 0.5) is 0 Å². The van der Waals surface area contributed by atoms with E-state index in [0.717, 1.165) is 25.0 Å². The largest absolute Gasteiger partial charge is 0.391 e. The van der Waals surface area contributed by atoms with Crippen molar-refractivity contribution in [3.63, 3.8) is 0 Å². The molecule has 1 aromatic rings. The molecule has 0 amide bonds. The summed E-state index contributed by atoms with van der Waals surface area (Å²) in [5.74, 6) is 1.02. The number of benzene rings is 1. The minimum Gasteiger partial charge on any atom is -0.391 e. The van der Waals surface area contributed by atoms with Crippen LogP contribution in [0.15, 0.2) is 30.3 Å². The van der Waals surface area contributed by atoms with Crippen molar-refractivity contribution >= 4 is 26.4 Å². The molecule has 0 spiro atoms. The van der Waals surface area contributed by atoms with Gasteiger partial charge in [0.15, 0.2) is 0 Å². The van der Waals surface area contributed by atoms with Gasteiger partial charge in [-0.15, -0.1) is 0 Å². The minimum absolute atomic E-state index is 0.727. The number of hydrogen-bond donors (Lipinski definition) is 1. The molecule has 1 aromatic carbocycles. The van der Waals surface area contributed by atoms with Crippen LogP contribution in [0, 0.1) is 0 Å². The molecular weight excluding hydrogens is 320 g/mol. The van der Waals surface area contributed by atoms with Crippen molar-refractivity contribution in [3.8, 4) is 0 Å². The molecule has 2 nitrogen and oxygen atoms in total. The topological polar surface area (TPSA) is 18.5 Å². The Kier molecular flexibility index (Phi) is 11.8. The van der Waals surface area contributed by atoms with E-state index in [9.17, 15) is 0 Å². The van der Waals surface area contributed by atoms with Crippen molar-refractivity contribution in [3.05, 3.63) is 30.3 Å². The van der Waals surface area contributed by atoms with Crippen LogP contribution in [0.3, 0.4) is 0 Å². The van der Waals surface area contributed by atoms with Crippen molar-refractivity contribution in [1.29, 1.82) is 0 Å². The lowest BCUT2D eigenvalue weighted by molar-refractivity contribution is 0.194. The van der Waals surface area contributed by atoms with E-state index in [1.807, 2.05) is 0 Å². The predicted molar refractivity (Wildman–Crippen MR) is 106 cm³/mol. The maximum Gasteiger partial charge on any atom is 0.372 e. The number of rotatable bonds is 14. The summed E-state index contributed by atoms with van der Waals surface area (Å²) in [7, 11) is -2.26. The number of thiol groups is 1. The van der Waals surface area contributed by atoms with Gasteiger partial charge in [0.2, 0.25) is 0 Å². The summed E-state index contributed by atoms with van der Waals surface area (Å²) in [5, 5.41) is 1.28. The van der Waals surface area contributed by atoms with Gasteiger partial charge in [-0.05, 0) is 37.3 Å². The standard InChI is InChI=1S/C19H34O2SSi/c1-3-20-23(21-4-2,19-15-11-10-12-16-19)18-14-9-7-5-6-8-13-17-22/h10-12,15-16,22H,3-9,13-14,17-18H2,1-2H3. The zero-order valence-electron chi connectivity index (χ0n) is 14.9. The third kappa shape index (κ3) is 7.88. The molecular formula is C19H34O2SSi. The summed E-state index contributed by atoms with van der Waals surface area (Å²) >= 11 is 4.26. The van der Waals surface area contributed by atoms with Gasteiger partial charge < -0.3 is 8.85 Å². The summed E-state index contributed by atoms with van der Waals surface area (Å²) in [4.78, 5) is 0. The lowest BCUT2D eigenvalue weighted by Gasteiger charge is -2.30. The predicted octanol–water partition coefficient (Wildman–Crippen LogP) is 5.07. The first-order valence-corrected chi connectivity index (χ1v) is 11.9. The Morgan fingerprint density at radius 3 is 1.83 bits per heavy atom. The van der Waals surface area contributed by atoms with Crippen LogP contribution in [-0.2, 0) is 8.85 Å². The molecule has 0 N–H and O–H groups in total. The van der Waals surface area contributed by atoms with Gasteiger partial charge in [-0.3, -0.25) is 0 Å². The normalized spacial score (nSPS) is 11.8. The Bertz CT molecular complexity index is 380. The van der Waals surface area contributed by atoms with Crippen molar-refractivity contribution < 1.29 is 8.85 Å². The van der Waals surface area contributed by atoms with Gasteiger partial charge >= 0.3 is 8.56 Å². The maximum atomic E-state index is 6.22. The maximum absolute atomic E-state index is 6.22. The highest BCUT2D eigenvalue weighted by molar-refractivity contribution is 7.80. The van der Waals surface area contributed by atoms with E-state index >= 15 is 0 Å². The second-order valence-electron chi connectivity index (χ2n) is 5.93. The molecule has 0 heterocycles. The molecule has 0 radical (unpaired) electrons. The van der Waals surface area contributed by atoms with E-state index in [0.29, 0.717) is 0 Å². The SMILES string of the molecule is CCO[Si](CCCCCCCCCS)(OCC)c1ccccc1.